The molecular weight excluding hydrogens is 352 g/mol. The van der Waals surface area contributed by atoms with E-state index < -0.39 is 0 Å². The van der Waals surface area contributed by atoms with E-state index in [2.05, 4.69) is 31.9 Å². The van der Waals surface area contributed by atoms with Gasteiger partial charge in [0.15, 0.2) is 0 Å². The number of aliphatic hydroxyl groups is 1. The van der Waals surface area contributed by atoms with Gasteiger partial charge in [-0.05, 0) is 57.1 Å². The van der Waals surface area contributed by atoms with Gasteiger partial charge in [0, 0.05) is 36.5 Å². The number of amides is 1. The Morgan fingerprint density at radius 2 is 1.82 bits per heavy atom. The Morgan fingerprint density at radius 3 is 2.64 bits per heavy atom. The zero-order valence-corrected chi connectivity index (χ0v) is 16.3. The largest absolute Gasteiger partial charge is 0.393 e. The monoisotopic (exact) mass is 380 g/mol. The van der Waals surface area contributed by atoms with Gasteiger partial charge in [-0.3, -0.25) is 4.79 Å². The first-order chi connectivity index (χ1) is 13.7. The molecule has 28 heavy (non-hydrogen) atoms. The van der Waals surface area contributed by atoms with Gasteiger partial charge < -0.3 is 14.9 Å². The molecule has 1 amide bonds. The van der Waals surface area contributed by atoms with Gasteiger partial charge in [0.1, 0.15) is 12.1 Å². The lowest BCUT2D eigenvalue weighted by atomic mass is 9.81. The van der Waals surface area contributed by atoms with Crippen molar-refractivity contribution in [3.63, 3.8) is 0 Å². The maximum Gasteiger partial charge on any atom is 0.225 e. The minimum absolute atomic E-state index is 0.0366. The van der Waals surface area contributed by atoms with Crippen molar-refractivity contribution in [3.8, 4) is 0 Å². The maximum absolute atomic E-state index is 12.8. The van der Waals surface area contributed by atoms with Crippen molar-refractivity contribution in [2.75, 3.05) is 24.5 Å². The number of benzene rings is 1. The van der Waals surface area contributed by atoms with Crippen LogP contribution in [0.3, 0.4) is 0 Å². The van der Waals surface area contributed by atoms with E-state index in [1.807, 2.05) is 12.1 Å². The van der Waals surface area contributed by atoms with Crippen LogP contribution >= 0.6 is 0 Å². The van der Waals surface area contributed by atoms with Gasteiger partial charge >= 0.3 is 0 Å². The highest BCUT2D eigenvalue weighted by atomic mass is 16.3. The molecule has 6 heteroatoms. The number of fused-ring (bicyclic) bond motifs is 1. The second kappa shape index (κ2) is 6.99. The summed E-state index contributed by atoms with van der Waals surface area (Å²) in [6.45, 7) is 2.67. The van der Waals surface area contributed by atoms with Crippen molar-refractivity contribution in [2.24, 2.45) is 5.92 Å². The summed E-state index contributed by atoms with van der Waals surface area (Å²) < 4.78 is 0. The molecule has 1 N–H and O–H groups in total. The van der Waals surface area contributed by atoms with Gasteiger partial charge in [0.05, 0.1) is 11.6 Å². The van der Waals surface area contributed by atoms with Gasteiger partial charge in [-0.25, -0.2) is 9.97 Å². The molecule has 2 saturated heterocycles. The summed E-state index contributed by atoms with van der Waals surface area (Å²) in [6, 6.07) is 8.23. The number of rotatable bonds is 2. The average Bonchev–Trinajstić information content (AvgIpc) is 2.97. The van der Waals surface area contributed by atoms with Gasteiger partial charge in [0.25, 0.3) is 0 Å². The number of likely N-dealkylation sites (tertiary alicyclic amines) is 1. The fourth-order valence-electron chi connectivity index (χ4n) is 5.44. The van der Waals surface area contributed by atoms with E-state index in [9.17, 15) is 9.90 Å². The molecule has 1 spiro atoms. The second-order valence-electron chi connectivity index (χ2n) is 8.69. The fourth-order valence-corrected chi connectivity index (χ4v) is 5.44. The minimum Gasteiger partial charge on any atom is -0.393 e. The Balaban J connectivity index is 1.39. The van der Waals surface area contributed by atoms with E-state index in [1.165, 1.54) is 6.42 Å². The van der Waals surface area contributed by atoms with Crippen molar-refractivity contribution in [1.29, 1.82) is 0 Å². The molecule has 5 rings (SSSR count). The number of para-hydroxylation sites is 1. The first-order valence-corrected chi connectivity index (χ1v) is 10.6. The Morgan fingerprint density at radius 1 is 1.04 bits per heavy atom. The van der Waals surface area contributed by atoms with Crippen LogP contribution in [0.15, 0.2) is 30.6 Å². The molecule has 0 radical (unpaired) electrons. The number of hydrogen-bond acceptors (Lipinski definition) is 5. The predicted molar refractivity (Wildman–Crippen MR) is 108 cm³/mol. The second-order valence-corrected chi connectivity index (χ2v) is 8.69. The van der Waals surface area contributed by atoms with Crippen LogP contribution in [0.1, 0.15) is 44.9 Å². The van der Waals surface area contributed by atoms with E-state index >= 15 is 0 Å². The molecule has 0 unspecified atom stereocenters. The third kappa shape index (κ3) is 2.94. The van der Waals surface area contributed by atoms with E-state index in [1.54, 1.807) is 6.33 Å². The summed E-state index contributed by atoms with van der Waals surface area (Å²) in [5.74, 6) is 1.33. The van der Waals surface area contributed by atoms with Gasteiger partial charge in [-0.1, -0.05) is 12.1 Å². The Labute approximate surface area is 165 Å². The van der Waals surface area contributed by atoms with Crippen LogP contribution in [-0.4, -0.2) is 57.2 Å². The number of aromatic nitrogens is 2. The average molecular weight is 380 g/mol. The summed E-state index contributed by atoms with van der Waals surface area (Å²) >= 11 is 0. The maximum atomic E-state index is 12.8. The molecule has 3 fully saturated rings. The third-order valence-electron chi connectivity index (χ3n) is 7.07. The number of anilines is 1. The first-order valence-electron chi connectivity index (χ1n) is 10.6. The van der Waals surface area contributed by atoms with Gasteiger partial charge in [0.2, 0.25) is 5.91 Å². The summed E-state index contributed by atoms with van der Waals surface area (Å²) in [4.78, 5) is 26.5. The number of carbonyl (C=O) groups is 1. The molecule has 148 valence electrons. The normalized spacial score (nSPS) is 30.5. The number of aliphatic hydroxyl groups excluding tert-OH is 1. The quantitative estimate of drug-likeness (QED) is 0.868. The fraction of sp³-hybridized carbons (Fsp3) is 0.591. The van der Waals surface area contributed by atoms with Gasteiger partial charge in [-0.15, -0.1) is 0 Å². The van der Waals surface area contributed by atoms with E-state index in [-0.39, 0.29) is 23.5 Å². The summed E-state index contributed by atoms with van der Waals surface area (Å²) in [5, 5.41) is 10.7. The van der Waals surface area contributed by atoms with Crippen LogP contribution in [0, 0.1) is 5.92 Å². The topological polar surface area (TPSA) is 69.6 Å². The minimum atomic E-state index is -0.274. The number of nitrogens with zero attached hydrogens (tertiary/aromatic N) is 4. The molecule has 2 aromatic rings. The zero-order chi connectivity index (χ0) is 19.1. The molecule has 1 aliphatic carbocycles. The van der Waals surface area contributed by atoms with Crippen LogP contribution in [0.2, 0.25) is 0 Å². The molecule has 0 bridgehead atoms. The number of hydrogen-bond donors (Lipinski definition) is 1. The van der Waals surface area contributed by atoms with Crippen molar-refractivity contribution in [3.05, 3.63) is 30.6 Å². The molecule has 1 saturated carbocycles. The summed E-state index contributed by atoms with van der Waals surface area (Å²) in [5.41, 5.74) is 1.08. The Hall–Kier alpha value is -2.21. The smallest absolute Gasteiger partial charge is 0.225 e. The van der Waals surface area contributed by atoms with Crippen LogP contribution in [0.5, 0.6) is 0 Å². The zero-order valence-electron chi connectivity index (χ0n) is 16.3. The summed E-state index contributed by atoms with van der Waals surface area (Å²) in [7, 11) is 0. The van der Waals surface area contributed by atoms with Crippen molar-refractivity contribution < 1.29 is 9.90 Å². The lowest BCUT2D eigenvalue weighted by Gasteiger charge is -2.39. The highest BCUT2D eigenvalue weighted by molar-refractivity contribution is 5.89. The lowest BCUT2D eigenvalue weighted by Crippen LogP contribution is -2.47. The molecule has 1 aromatic heterocycles. The highest BCUT2D eigenvalue weighted by Gasteiger charge is 2.44. The molecule has 3 heterocycles. The van der Waals surface area contributed by atoms with Gasteiger partial charge in [-0.2, -0.15) is 0 Å². The third-order valence-corrected chi connectivity index (χ3v) is 7.07. The highest BCUT2D eigenvalue weighted by Crippen LogP contribution is 2.43. The molecule has 2 aliphatic heterocycles. The van der Waals surface area contributed by atoms with Crippen LogP contribution in [-0.2, 0) is 4.79 Å². The SMILES string of the molecule is O=C(C1CC(O)C1)N1CCC[C@]2(CCCN2c2ncnc3ccccc23)CC1. The van der Waals surface area contributed by atoms with Crippen LogP contribution in [0.4, 0.5) is 5.82 Å². The molecule has 1 aromatic carbocycles. The number of carbonyl (C=O) groups excluding carboxylic acids is 1. The van der Waals surface area contributed by atoms with Crippen LogP contribution < -0.4 is 4.90 Å². The first kappa shape index (κ1) is 17.9. The molecule has 6 nitrogen and oxygen atoms in total. The van der Waals surface area contributed by atoms with Crippen molar-refractivity contribution in [2.45, 2.75) is 56.6 Å². The standard InChI is InChI=1S/C22H28N4O2/c27-17-13-16(14-17)21(28)25-10-3-7-22(9-12-25)8-4-11-26(22)20-18-5-1-2-6-19(18)23-15-24-20/h1-2,5-6,15-17,27H,3-4,7-14H2/t16?,17?,22-/m0/s1. The van der Waals surface area contributed by atoms with E-state index in [0.717, 1.165) is 62.0 Å². The Kier molecular flexibility index (Phi) is 4.46. The Bertz CT molecular complexity index is 876. The van der Waals surface area contributed by atoms with Crippen molar-refractivity contribution in [1.82, 2.24) is 14.9 Å². The summed E-state index contributed by atoms with van der Waals surface area (Å²) in [6.07, 6.45) is 8.13. The molecular formula is C22H28N4O2. The molecule has 3 aliphatic rings. The predicted octanol–water partition coefficient (Wildman–Crippen LogP) is 2.75. The van der Waals surface area contributed by atoms with E-state index in [4.69, 9.17) is 0 Å². The van der Waals surface area contributed by atoms with Crippen LogP contribution in [0.25, 0.3) is 10.9 Å². The lowest BCUT2D eigenvalue weighted by molar-refractivity contribution is -0.142. The molecule has 1 atom stereocenters. The van der Waals surface area contributed by atoms with Crippen molar-refractivity contribution >= 4 is 22.6 Å². The van der Waals surface area contributed by atoms with E-state index in [0.29, 0.717) is 12.8 Å².